The van der Waals surface area contributed by atoms with E-state index in [1.54, 1.807) is 24.5 Å². The Kier molecular flexibility index (Phi) is 5.20. The van der Waals surface area contributed by atoms with Crippen molar-refractivity contribution in [1.82, 2.24) is 20.4 Å². The van der Waals surface area contributed by atoms with Crippen LogP contribution in [0.2, 0.25) is 0 Å². The number of hydrogen-bond acceptors (Lipinski definition) is 8. The van der Waals surface area contributed by atoms with Gasteiger partial charge in [-0.2, -0.15) is 0 Å². The van der Waals surface area contributed by atoms with E-state index in [9.17, 15) is 4.79 Å². The summed E-state index contributed by atoms with van der Waals surface area (Å²) in [6, 6.07) is 9.10. The smallest absolute Gasteiger partial charge is 0.230 e. The van der Waals surface area contributed by atoms with Crippen molar-refractivity contribution >= 4 is 17.7 Å². The van der Waals surface area contributed by atoms with Crippen molar-refractivity contribution in [2.75, 3.05) is 19.0 Å². The van der Waals surface area contributed by atoms with Gasteiger partial charge in [0.25, 0.3) is 0 Å². The lowest BCUT2D eigenvalue weighted by atomic mass is 10.1. The highest BCUT2D eigenvalue weighted by Crippen LogP contribution is 2.34. The SMILES string of the molecule is O=C(CSc1ncccn1)NCc1cc(-c2ccc3c(c2)OCCO3)on1. The third-order valence-electron chi connectivity index (χ3n) is 3.73. The van der Waals surface area contributed by atoms with Gasteiger partial charge in [0, 0.05) is 24.0 Å². The second-order valence-electron chi connectivity index (χ2n) is 5.64. The first-order valence-electron chi connectivity index (χ1n) is 8.30. The molecule has 0 atom stereocenters. The first-order chi connectivity index (χ1) is 13.3. The van der Waals surface area contributed by atoms with Crippen LogP contribution < -0.4 is 14.8 Å². The predicted molar refractivity (Wildman–Crippen MR) is 97.5 cm³/mol. The Bertz CT molecular complexity index is 932. The summed E-state index contributed by atoms with van der Waals surface area (Å²) >= 11 is 1.27. The normalized spacial score (nSPS) is 12.6. The molecule has 1 amide bonds. The summed E-state index contributed by atoms with van der Waals surface area (Å²) in [4.78, 5) is 20.1. The molecular weight excluding hydrogens is 368 g/mol. The molecule has 0 radical (unpaired) electrons. The fourth-order valence-electron chi connectivity index (χ4n) is 2.46. The summed E-state index contributed by atoms with van der Waals surface area (Å²) in [5.41, 5.74) is 1.47. The number of hydrogen-bond donors (Lipinski definition) is 1. The molecule has 3 aromatic rings. The lowest BCUT2D eigenvalue weighted by Gasteiger charge is -2.18. The second kappa shape index (κ2) is 8.09. The Morgan fingerprint density at radius 1 is 1.11 bits per heavy atom. The summed E-state index contributed by atoms with van der Waals surface area (Å²) < 4.78 is 16.5. The van der Waals surface area contributed by atoms with Crippen LogP contribution in [-0.4, -0.2) is 40.0 Å². The molecule has 138 valence electrons. The minimum absolute atomic E-state index is 0.128. The molecule has 0 bridgehead atoms. The van der Waals surface area contributed by atoms with Gasteiger partial charge >= 0.3 is 0 Å². The van der Waals surface area contributed by atoms with Crippen molar-refractivity contribution in [3.05, 3.63) is 48.4 Å². The molecule has 1 aromatic carbocycles. The van der Waals surface area contributed by atoms with Crippen LogP contribution in [0.25, 0.3) is 11.3 Å². The average Bonchev–Trinajstić information content (AvgIpc) is 3.20. The van der Waals surface area contributed by atoms with E-state index >= 15 is 0 Å². The zero-order valence-electron chi connectivity index (χ0n) is 14.3. The lowest BCUT2D eigenvalue weighted by molar-refractivity contribution is -0.118. The maximum absolute atomic E-state index is 12.0. The van der Waals surface area contributed by atoms with E-state index < -0.39 is 0 Å². The van der Waals surface area contributed by atoms with Crippen molar-refractivity contribution in [2.24, 2.45) is 0 Å². The van der Waals surface area contributed by atoms with Crippen LogP contribution in [0.3, 0.4) is 0 Å². The molecule has 8 nitrogen and oxygen atoms in total. The van der Waals surface area contributed by atoms with E-state index in [1.165, 1.54) is 11.8 Å². The number of fused-ring (bicyclic) bond motifs is 1. The van der Waals surface area contributed by atoms with Crippen molar-refractivity contribution in [1.29, 1.82) is 0 Å². The van der Waals surface area contributed by atoms with Gasteiger partial charge in [-0.3, -0.25) is 4.79 Å². The lowest BCUT2D eigenvalue weighted by Crippen LogP contribution is -2.24. The molecule has 0 fully saturated rings. The molecule has 0 saturated heterocycles. The van der Waals surface area contributed by atoms with Crippen LogP contribution in [0.5, 0.6) is 11.5 Å². The molecule has 0 spiro atoms. The zero-order valence-corrected chi connectivity index (χ0v) is 15.1. The molecule has 27 heavy (non-hydrogen) atoms. The number of thioether (sulfide) groups is 1. The van der Waals surface area contributed by atoms with E-state index in [4.69, 9.17) is 14.0 Å². The van der Waals surface area contributed by atoms with E-state index in [-0.39, 0.29) is 18.2 Å². The number of rotatable bonds is 6. The van der Waals surface area contributed by atoms with Gasteiger partial charge in [-0.1, -0.05) is 16.9 Å². The molecule has 0 saturated carbocycles. The highest BCUT2D eigenvalue weighted by molar-refractivity contribution is 7.99. The molecule has 0 unspecified atom stereocenters. The number of carbonyl (C=O) groups is 1. The summed E-state index contributed by atoms with van der Waals surface area (Å²) in [6.45, 7) is 1.35. The zero-order chi connectivity index (χ0) is 18.5. The average molecular weight is 384 g/mol. The molecule has 4 rings (SSSR count). The van der Waals surface area contributed by atoms with Crippen molar-refractivity contribution < 1.29 is 18.8 Å². The molecular formula is C18H16N4O4S. The standard InChI is InChI=1S/C18H16N4O4S/c23-17(11-27-18-19-4-1-5-20-18)21-10-13-9-15(26-22-13)12-2-3-14-16(8-12)25-7-6-24-14/h1-5,8-9H,6-7,10-11H2,(H,21,23). The molecule has 3 heterocycles. The molecule has 1 aliphatic heterocycles. The molecule has 9 heteroatoms. The minimum Gasteiger partial charge on any atom is -0.486 e. The summed E-state index contributed by atoms with van der Waals surface area (Å²) in [5.74, 6) is 2.11. The molecule has 0 aliphatic carbocycles. The van der Waals surface area contributed by atoms with Gasteiger partial charge in [0.15, 0.2) is 22.4 Å². The van der Waals surface area contributed by atoms with Crippen molar-refractivity contribution in [2.45, 2.75) is 11.7 Å². The van der Waals surface area contributed by atoms with Crippen molar-refractivity contribution in [3.63, 3.8) is 0 Å². The molecule has 1 aliphatic rings. The number of nitrogens with one attached hydrogen (secondary N) is 1. The third kappa shape index (κ3) is 4.37. The van der Waals surface area contributed by atoms with Gasteiger partial charge in [0.1, 0.15) is 18.9 Å². The largest absolute Gasteiger partial charge is 0.486 e. The third-order valence-corrected chi connectivity index (χ3v) is 4.60. The number of benzene rings is 1. The summed E-state index contributed by atoms with van der Waals surface area (Å²) in [6.07, 6.45) is 3.28. The fraction of sp³-hybridized carbons (Fsp3) is 0.222. The number of aromatic nitrogens is 3. The Hall–Kier alpha value is -3.07. The second-order valence-corrected chi connectivity index (χ2v) is 6.58. The van der Waals surface area contributed by atoms with Crippen LogP contribution in [0, 0.1) is 0 Å². The van der Waals surface area contributed by atoms with Crippen molar-refractivity contribution in [3.8, 4) is 22.8 Å². The summed E-state index contributed by atoms with van der Waals surface area (Å²) in [7, 11) is 0. The Morgan fingerprint density at radius 3 is 2.78 bits per heavy atom. The fourth-order valence-corrected chi connectivity index (χ4v) is 3.09. The van der Waals surface area contributed by atoms with Crippen LogP contribution in [0.4, 0.5) is 0 Å². The van der Waals surface area contributed by atoms with Gasteiger partial charge < -0.3 is 19.3 Å². The maximum Gasteiger partial charge on any atom is 0.230 e. The number of carbonyl (C=O) groups excluding carboxylic acids is 1. The van der Waals surface area contributed by atoms with E-state index in [0.717, 1.165) is 11.3 Å². The minimum atomic E-state index is -0.128. The van der Waals surface area contributed by atoms with E-state index in [2.05, 4.69) is 20.4 Å². The molecule has 2 aromatic heterocycles. The first kappa shape index (κ1) is 17.3. The summed E-state index contributed by atoms with van der Waals surface area (Å²) in [5, 5.41) is 7.37. The van der Waals surface area contributed by atoms with Gasteiger partial charge in [-0.25, -0.2) is 9.97 Å². The van der Waals surface area contributed by atoms with E-state index in [0.29, 0.717) is 35.6 Å². The van der Waals surface area contributed by atoms with Gasteiger partial charge in [-0.05, 0) is 24.3 Å². The Morgan fingerprint density at radius 2 is 1.93 bits per heavy atom. The van der Waals surface area contributed by atoms with Crippen LogP contribution in [0.15, 0.2) is 52.4 Å². The highest BCUT2D eigenvalue weighted by atomic mass is 32.2. The maximum atomic E-state index is 12.0. The topological polar surface area (TPSA) is 99.4 Å². The predicted octanol–water partition coefficient (Wildman–Crippen LogP) is 2.31. The highest BCUT2D eigenvalue weighted by Gasteiger charge is 2.15. The monoisotopic (exact) mass is 384 g/mol. The Balaban J connectivity index is 1.32. The number of ether oxygens (including phenoxy) is 2. The number of nitrogens with zero attached hydrogens (tertiary/aromatic N) is 3. The van der Waals surface area contributed by atoms with Gasteiger partial charge in [0.2, 0.25) is 5.91 Å². The number of amides is 1. The molecule has 1 N–H and O–H groups in total. The van der Waals surface area contributed by atoms with Crippen LogP contribution >= 0.6 is 11.8 Å². The van der Waals surface area contributed by atoms with E-state index in [1.807, 2.05) is 18.2 Å². The first-order valence-corrected chi connectivity index (χ1v) is 9.28. The van der Waals surface area contributed by atoms with Crippen LogP contribution in [-0.2, 0) is 11.3 Å². The Labute approximate surface area is 159 Å². The van der Waals surface area contributed by atoms with Crippen LogP contribution in [0.1, 0.15) is 5.69 Å². The van der Waals surface area contributed by atoms with Gasteiger partial charge in [0.05, 0.1) is 12.3 Å². The quantitative estimate of drug-likeness (QED) is 0.511. The van der Waals surface area contributed by atoms with Gasteiger partial charge in [-0.15, -0.1) is 0 Å².